The van der Waals surface area contributed by atoms with Crippen LogP contribution in [0.4, 0.5) is 11.4 Å². The zero-order valence-electron chi connectivity index (χ0n) is 24.5. The molecule has 0 aliphatic carbocycles. The van der Waals surface area contributed by atoms with Crippen molar-refractivity contribution >= 4 is 34.8 Å². The Morgan fingerprint density at radius 3 is 1.88 bits per heavy atom. The maximum Gasteiger partial charge on any atom is 0.147 e. The highest BCUT2D eigenvalue weighted by Gasteiger charge is 2.55. The maximum absolute atomic E-state index is 10.5. The Kier molecular flexibility index (Phi) is 7.37. The quantitative estimate of drug-likeness (QED) is 0.173. The number of ether oxygens (including phenoxy) is 1. The van der Waals surface area contributed by atoms with Crippen LogP contribution in [-0.2, 0) is 5.54 Å². The molecule has 7 heteroatoms. The first kappa shape index (κ1) is 27.8. The second kappa shape index (κ2) is 11.1. The molecule has 0 radical (unpaired) electrons. The lowest BCUT2D eigenvalue weighted by Gasteiger charge is -2.43. The summed E-state index contributed by atoms with van der Waals surface area (Å²) in [5, 5.41) is 17.5. The minimum absolute atomic E-state index is 0.165. The van der Waals surface area contributed by atoms with Gasteiger partial charge in [0.25, 0.3) is 0 Å². The van der Waals surface area contributed by atoms with Gasteiger partial charge >= 0.3 is 0 Å². The summed E-state index contributed by atoms with van der Waals surface area (Å²) in [4.78, 5) is 5.26. The van der Waals surface area contributed by atoms with Gasteiger partial charge in [-0.05, 0) is 57.5 Å². The van der Waals surface area contributed by atoms with Gasteiger partial charge < -0.3 is 19.6 Å². The van der Waals surface area contributed by atoms with Crippen LogP contribution in [0.3, 0.4) is 0 Å². The van der Waals surface area contributed by atoms with Crippen molar-refractivity contribution in [2.75, 3.05) is 36.0 Å². The smallest absolute Gasteiger partial charge is 0.147 e. The highest BCUT2D eigenvalue weighted by molar-refractivity contribution is 7.80. The van der Waals surface area contributed by atoms with Crippen LogP contribution in [0.5, 0.6) is 17.2 Å². The molecule has 6 rings (SSSR count). The third-order valence-corrected chi connectivity index (χ3v) is 8.89. The second-order valence-electron chi connectivity index (χ2n) is 10.5. The largest absolute Gasteiger partial charge is 0.507 e. The Balaban J connectivity index is 1.65. The van der Waals surface area contributed by atoms with E-state index in [-0.39, 0.29) is 5.75 Å². The molecule has 1 N–H and O–H groups in total. The van der Waals surface area contributed by atoms with Crippen molar-refractivity contribution in [2.45, 2.75) is 33.2 Å². The van der Waals surface area contributed by atoms with Crippen LogP contribution in [0.2, 0.25) is 0 Å². The van der Waals surface area contributed by atoms with Crippen LogP contribution in [-0.4, -0.2) is 47.5 Å². The van der Waals surface area contributed by atoms with Crippen molar-refractivity contribution in [1.29, 1.82) is 0 Å². The fourth-order valence-corrected chi connectivity index (χ4v) is 6.72. The maximum atomic E-state index is 10.5. The molecule has 0 saturated carbocycles. The van der Waals surface area contributed by atoms with E-state index in [4.69, 9.17) is 22.1 Å². The van der Waals surface area contributed by atoms with Crippen molar-refractivity contribution < 1.29 is 9.84 Å². The summed E-state index contributed by atoms with van der Waals surface area (Å²) >= 11 is 6.16. The molecule has 1 spiro atoms. The summed E-state index contributed by atoms with van der Waals surface area (Å²) in [5.74, 6) is 1.73. The van der Waals surface area contributed by atoms with Gasteiger partial charge in [0.15, 0.2) is 0 Å². The number of phenols is 1. The van der Waals surface area contributed by atoms with E-state index in [0.717, 1.165) is 71.3 Å². The number of hydrogen-bond acceptors (Lipinski definition) is 6. The minimum atomic E-state index is -0.860. The number of para-hydroxylation sites is 1. The van der Waals surface area contributed by atoms with E-state index >= 15 is 0 Å². The van der Waals surface area contributed by atoms with Gasteiger partial charge in [-0.1, -0.05) is 60.7 Å². The van der Waals surface area contributed by atoms with Gasteiger partial charge in [-0.15, -0.1) is 0 Å². The summed E-state index contributed by atoms with van der Waals surface area (Å²) in [7, 11) is 0. The lowest BCUT2D eigenvalue weighted by Crippen LogP contribution is -2.44. The Labute approximate surface area is 253 Å². The van der Waals surface area contributed by atoms with Crippen LogP contribution in [0, 0.1) is 0 Å². The van der Waals surface area contributed by atoms with E-state index in [0.29, 0.717) is 10.6 Å². The number of aromatic hydroxyl groups is 1. The summed E-state index contributed by atoms with van der Waals surface area (Å²) in [6, 6.07) is 28.4. The zero-order chi connectivity index (χ0) is 29.4. The molecule has 42 heavy (non-hydrogen) atoms. The van der Waals surface area contributed by atoms with Gasteiger partial charge in [0, 0.05) is 71.9 Å². The SMILES string of the molecule is CCN(CC)c1ccc2c(c1)Oc1cc(N(CC)CC)ccc1C21c2ccccc2C(=S)N1/N=C/c1ccccc1O. The number of fused-ring (bicyclic) bond motifs is 6. The molecule has 0 amide bonds. The summed E-state index contributed by atoms with van der Waals surface area (Å²) in [6.07, 6.45) is 1.69. The van der Waals surface area contributed by atoms with E-state index in [9.17, 15) is 5.11 Å². The third-order valence-electron chi connectivity index (χ3n) is 8.49. The lowest BCUT2D eigenvalue weighted by molar-refractivity contribution is 0.269. The van der Waals surface area contributed by atoms with E-state index in [1.807, 2.05) is 23.2 Å². The molecule has 0 fully saturated rings. The third kappa shape index (κ3) is 4.22. The van der Waals surface area contributed by atoms with Crippen molar-refractivity contribution in [3.8, 4) is 17.2 Å². The van der Waals surface area contributed by atoms with Crippen LogP contribution >= 0.6 is 12.2 Å². The number of phenolic OH excluding ortho intramolecular Hbond substituents is 1. The zero-order valence-corrected chi connectivity index (χ0v) is 25.4. The van der Waals surface area contributed by atoms with Crippen LogP contribution in [0.15, 0.2) is 90.0 Å². The number of thiocarbonyl (C=S) groups is 1. The minimum Gasteiger partial charge on any atom is -0.507 e. The molecule has 2 heterocycles. The Morgan fingerprint density at radius 2 is 1.31 bits per heavy atom. The molecule has 2 aliphatic heterocycles. The van der Waals surface area contributed by atoms with Gasteiger partial charge in [-0.2, -0.15) is 5.10 Å². The summed E-state index contributed by atoms with van der Waals surface area (Å²) < 4.78 is 6.79. The number of hydrazone groups is 1. The highest BCUT2D eigenvalue weighted by Crippen LogP contribution is 2.58. The Morgan fingerprint density at radius 1 is 0.762 bits per heavy atom. The van der Waals surface area contributed by atoms with Gasteiger partial charge in [0.05, 0.1) is 6.21 Å². The first-order valence-corrected chi connectivity index (χ1v) is 15.1. The first-order valence-electron chi connectivity index (χ1n) is 14.7. The second-order valence-corrected chi connectivity index (χ2v) is 10.9. The van der Waals surface area contributed by atoms with Crippen molar-refractivity contribution in [3.05, 3.63) is 113 Å². The molecule has 0 bridgehead atoms. The van der Waals surface area contributed by atoms with Crippen molar-refractivity contribution in [2.24, 2.45) is 5.10 Å². The summed E-state index contributed by atoms with van der Waals surface area (Å²) in [5.41, 5.74) is 5.94. The van der Waals surface area contributed by atoms with Crippen LogP contribution < -0.4 is 14.5 Å². The number of anilines is 2. The Hall–Kier alpha value is -4.36. The van der Waals surface area contributed by atoms with Crippen molar-refractivity contribution in [1.82, 2.24) is 5.01 Å². The predicted octanol–water partition coefficient (Wildman–Crippen LogP) is 7.51. The molecule has 214 valence electrons. The van der Waals surface area contributed by atoms with Gasteiger partial charge in [-0.25, -0.2) is 5.01 Å². The van der Waals surface area contributed by atoms with Crippen LogP contribution in [0.25, 0.3) is 0 Å². The molecular weight excluding hydrogens is 540 g/mol. The molecule has 0 atom stereocenters. The van der Waals surface area contributed by atoms with E-state index in [2.05, 4.69) is 92.1 Å². The molecule has 4 aromatic carbocycles. The average molecular weight is 577 g/mol. The number of rotatable bonds is 8. The summed E-state index contributed by atoms with van der Waals surface area (Å²) in [6.45, 7) is 12.2. The lowest BCUT2D eigenvalue weighted by atomic mass is 9.75. The molecular formula is C35H36N4O2S. The fourth-order valence-electron chi connectivity index (χ4n) is 6.36. The van der Waals surface area contributed by atoms with E-state index < -0.39 is 5.54 Å². The van der Waals surface area contributed by atoms with Gasteiger partial charge in [0.1, 0.15) is 27.8 Å². The standard InChI is InChI=1S/C35H36N4O2S/c1-5-37(6-2)25-17-19-29-32(21-25)41-33-22-26(38(7-3)8-4)18-20-30(33)35(29)28-15-11-10-14-27(28)34(42)39(35)36-23-24-13-9-12-16-31(24)40/h9-23,40H,5-8H2,1-4H3/b36-23+. The molecule has 6 nitrogen and oxygen atoms in total. The first-order chi connectivity index (χ1) is 20.5. The molecule has 0 aromatic heterocycles. The average Bonchev–Trinajstić information content (AvgIpc) is 3.26. The monoisotopic (exact) mass is 576 g/mol. The Bertz CT molecular complexity index is 1610. The number of hydrogen-bond donors (Lipinski definition) is 1. The molecule has 0 unspecified atom stereocenters. The van der Waals surface area contributed by atoms with Crippen LogP contribution in [0.1, 0.15) is 55.5 Å². The number of nitrogens with zero attached hydrogens (tertiary/aromatic N) is 4. The van der Waals surface area contributed by atoms with Gasteiger partial charge in [0.2, 0.25) is 0 Å². The van der Waals surface area contributed by atoms with E-state index in [1.165, 1.54) is 0 Å². The molecule has 2 aliphatic rings. The normalized spacial score (nSPS) is 14.5. The number of benzene rings is 4. The van der Waals surface area contributed by atoms with E-state index in [1.54, 1.807) is 18.3 Å². The van der Waals surface area contributed by atoms with Crippen molar-refractivity contribution in [3.63, 3.8) is 0 Å². The van der Waals surface area contributed by atoms with Gasteiger partial charge in [-0.3, -0.25) is 0 Å². The highest BCUT2D eigenvalue weighted by atomic mass is 32.1. The predicted molar refractivity (Wildman–Crippen MR) is 176 cm³/mol. The fraction of sp³-hybridized carbons (Fsp3) is 0.257. The molecule has 0 saturated heterocycles. The molecule has 4 aromatic rings. The topological polar surface area (TPSA) is 51.5 Å².